The number of carbonyl (C=O) groups is 14. The van der Waals surface area contributed by atoms with Crippen LogP contribution >= 0.6 is 12.6 Å². The Morgan fingerprint density at radius 2 is 0.976 bits per heavy atom. The molecule has 0 aliphatic carbocycles. The van der Waals surface area contributed by atoms with Gasteiger partial charge in [-0.3, -0.25) is 73.1 Å². The van der Waals surface area contributed by atoms with Gasteiger partial charge in [-0.05, 0) is 106 Å². The molecule has 0 radical (unpaired) electrons. The second-order valence-electron chi connectivity index (χ2n) is 30.7. The molecule has 0 unspecified atom stereocenters. The van der Waals surface area contributed by atoms with Crippen LogP contribution in [0.1, 0.15) is 107 Å². The fraction of sp³-hybridized carbons (Fsp3) is 0.446. The molecular formula is C83H110N22O18S. The normalized spacial score (nSPS) is 22.4. The van der Waals surface area contributed by atoms with Crippen molar-refractivity contribution in [2.45, 2.75) is 195 Å². The van der Waals surface area contributed by atoms with Gasteiger partial charge < -0.3 is 126 Å². The molecule has 3 aromatic heterocycles. The third-order valence-corrected chi connectivity index (χ3v) is 21.7. The van der Waals surface area contributed by atoms with Crippen molar-refractivity contribution in [3.05, 3.63) is 144 Å². The molecule has 41 heteroatoms. The Balaban J connectivity index is 1.07. The molecule has 2 fully saturated rings. The van der Waals surface area contributed by atoms with Crippen molar-refractivity contribution >= 4 is 140 Å². The molecule has 14 atom stereocenters. The number of aliphatic carboxylic acids is 1. The van der Waals surface area contributed by atoms with E-state index in [4.69, 9.17) is 22.3 Å². The van der Waals surface area contributed by atoms with Gasteiger partial charge in [0.2, 0.25) is 76.8 Å². The van der Waals surface area contributed by atoms with Crippen LogP contribution in [-0.2, 0) is 92.8 Å². The number of aromatic amines is 3. The Morgan fingerprint density at radius 1 is 0.516 bits per heavy atom. The van der Waals surface area contributed by atoms with Crippen LogP contribution in [0.15, 0.2) is 122 Å². The van der Waals surface area contributed by atoms with Gasteiger partial charge in [0.25, 0.3) is 0 Å². The molecule has 40 nitrogen and oxygen atoms in total. The van der Waals surface area contributed by atoms with E-state index in [9.17, 15) is 63.6 Å². The van der Waals surface area contributed by atoms with Gasteiger partial charge in [-0.2, -0.15) is 12.6 Å². The standard InChI is InChI=1S/C83H110N22O18S/c1-44(107)68-78(119)100-61(37-49-41-93-55-25-13-10-22-52(49)55)75(116)98-58(34-46-18-5-3-6-19-46)73(114)96-56(26-15-31-89-82(84)85)71(112)99-59(35-47-39-91-53-23-11-8-20-50(47)53)70(111)88-30-14-4-7-29-66(109)94-60(36-48-40-92-54-24-12-9-21-51(48)54)74(115)101-62(38-67(110)95-64(43-124)76(117)103-69(45(2)108)79(120)104-68)80(121)105-33-17-28-65(105)77(118)97-57(27-16-32-90-83(86)87)72(113)102-63(42-106)81(122)123/h3,5-6,8-13,18-25,39-41,44-45,56-65,68-69,91-93,106-108,124H,4,7,14-17,26-38,42-43H2,1-2H3,(H,88,111)(H,94,109)(H,95,110)(H,96,114)(H,97,118)(H,98,116)(H,99,112)(H,100,119)(H,101,115)(H,102,113)(H,103,117)(H,104,120)(H,122,123)(H4,84,85,89)(H4,86,87,90)/t44-,45-,56+,57+,58+,59+,60+,61+,62+,63+,64+,65+,68+,69+/m1/s1. The molecule has 666 valence electrons. The summed E-state index contributed by atoms with van der Waals surface area (Å²) < 4.78 is 0. The number of hydrogen-bond donors (Lipinski definition) is 26. The molecular weight excluding hydrogens is 1630 g/mol. The molecule has 27 N–H and O–H groups in total. The second kappa shape index (κ2) is 46.2. The van der Waals surface area contributed by atoms with Crippen LogP contribution in [0.5, 0.6) is 0 Å². The molecule has 5 heterocycles. The summed E-state index contributed by atoms with van der Waals surface area (Å²) in [5.74, 6) is -15.9. The number of para-hydroxylation sites is 3. The monoisotopic (exact) mass is 1730 g/mol. The first-order valence-electron chi connectivity index (χ1n) is 41.0. The average molecular weight is 1740 g/mol. The number of nitrogens with two attached hydrogens (primary N) is 2. The number of thiol groups is 1. The number of aliphatic hydroxyl groups is 3. The predicted octanol–water partition coefficient (Wildman–Crippen LogP) is -2.90. The van der Waals surface area contributed by atoms with Gasteiger partial charge in [0.05, 0.1) is 25.2 Å². The Hall–Kier alpha value is -13.2. The maximum absolute atomic E-state index is 15.4. The molecule has 9 rings (SSSR count). The number of hydrogen-bond acceptors (Lipinski definition) is 20. The lowest BCUT2D eigenvalue weighted by Gasteiger charge is -2.31. The van der Waals surface area contributed by atoms with Crippen LogP contribution in [0.3, 0.4) is 0 Å². The third-order valence-electron chi connectivity index (χ3n) is 21.3. The van der Waals surface area contributed by atoms with E-state index in [2.05, 4.69) is 102 Å². The first-order chi connectivity index (χ1) is 59.4. The fourth-order valence-corrected chi connectivity index (χ4v) is 15.0. The topological polar surface area (TPSA) is 639 Å². The van der Waals surface area contributed by atoms with Crippen LogP contribution in [0.4, 0.5) is 0 Å². The zero-order chi connectivity index (χ0) is 89.7. The Labute approximate surface area is 718 Å². The van der Waals surface area contributed by atoms with Crippen molar-refractivity contribution in [2.24, 2.45) is 11.5 Å². The fourth-order valence-electron chi connectivity index (χ4n) is 14.8. The largest absolute Gasteiger partial charge is 0.480 e. The molecule has 2 aliphatic rings. The van der Waals surface area contributed by atoms with Crippen molar-refractivity contribution < 1.29 is 87.5 Å². The number of nitrogens with zero attached hydrogens (tertiary/aromatic N) is 1. The highest BCUT2D eigenvalue weighted by Gasteiger charge is 2.43. The Morgan fingerprint density at radius 3 is 1.51 bits per heavy atom. The lowest BCUT2D eigenvalue weighted by atomic mass is 10.0. The van der Waals surface area contributed by atoms with Gasteiger partial charge in [-0.25, -0.2) is 4.79 Å². The van der Waals surface area contributed by atoms with E-state index >= 15 is 24.0 Å². The average Bonchev–Trinajstić information content (AvgIpc) is 1.67. The van der Waals surface area contributed by atoms with E-state index in [1.54, 1.807) is 104 Å². The van der Waals surface area contributed by atoms with E-state index in [0.29, 0.717) is 50.5 Å². The van der Waals surface area contributed by atoms with E-state index in [1.165, 1.54) is 0 Å². The maximum Gasteiger partial charge on any atom is 0.328 e. The van der Waals surface area contributed by atoms with Crippen LogP contribution in [0.25, 0.3) is 32.7 Å². The smallest absolute Gasteiger partial charge is 0.328 e. The quantitative estimate of drug-likeness (QED) is 0.0112. The van der Waals surface area contributed by atoms with Gasteiger partial charge in [0.15, 0.2) is 11.9 Å². The minimum atomic E-state index is -2.01. The summed E-state index contributed by atoms with van der Waals surface area (Å²) >= 11 is 4.32. The number of carboxylic acid groups (broad SMARTS) is 1. The predicted molar refractivity (Wildman–Crippen MR) is 458 cm³/mol. The number of aromatic nitrogens is 3. The molecule has 0 bridgehead atoms. The molecule has 0 saturated carbocycles. The highest BCUT2D eigenvalue weighted by atomic mass is 32.1. The number of benzene rings is 4. The van der Waals surface area contributed by atoms with Crippen LogP contribution in [0, 0.1) is 10.8 Å². The van der Waals surface area contributed by atoms with E-state index in [1.807, 2.05) is 18.2 Å². The van der Waals surface area contributed by atoms with Gasteiger partial charge in [0.1, 0.15) is 72.5 Å². The molecule has 124 heavy (non-hydrogen) atoms. The van der Waals surface area contributed by atoms with Crippen molar-refractivity contribution in [1.82, 2.24) is 94.3 Å². The minimum absolute atomic E-state index is 0.0120. The lowest BCUT2D eigenvalue weighted by molar-refractivity contribution is -0.144. The van der Waals surface area contributed by atoms with Crippen molar-refractivity contribution in [3.63, 3.8) is 0 Å². The zero-order valence-electron chi connectivity index (χ0n) is 68.5. The molecule has 7 aromatic rings. The third kappa shape index (κ3) is 27.2. The molecule has 4 aromatic carbocycles. The van der Waals surface area contributed by atoms with Gasteiger partial charge >= 0.3 is 5.97 Å². The molecule has 2 saturated heterocycles. The summed E-state index contributed by atoms with van der Waals surface area (Å²) in [6.45, 7) is 1.06. The number of nitrogens with one attached hydrogen (secondary N) is 19. The SMILES string of the molecule is C[C@@H](O)[C@@H]1NC(=O)[C@H](CS)NC(=O)C[C@@H](C(=O)N2CCC[C@H]2C(=O)N[C@@H](CCCNC(=N)N)C(=O)N[C@@H](CO)C(=O)O)NC(=O)[C@H](Cc2c[nH]c3ccccc23)NC(=O)CCCCCNC(=O)[C@H](Cc2c[nH]c3ccccc23)NC(=O)[C@H](CCCNC(=N)N)NC(=O)[C@H](Cc2ccccc2)NC(=O)[C@H](Cc2c[nH]c3ccccc23)NC(=O)[C@H]([C@@H](C)O)NC1=O. The van der Waals surface area contributed by atoms with E-state index < -0.39 is 192 Å². The summed E-state index contributed by atoms with van der Waals surface area (Å²) in [4.78, 5) is 215. The van der Waals surface area contributed by atoms with Crippen molar-refractivity contribution in [2.75, 3.05) is 38.5 Å². The molecule has 13 amide bonds. The Bertz CT molecular complexity index is 4960. The van der Waals surface area contributed by atoms with Gasteiger partial charge in [-0.1, -0.05) is 91.3 Å². The summed E-state index contributed by atoms with van der Waals surface area (Å²) in [7, 11) is 0. The summed E-state index contributed by atoms with van der Waals surface area (Å²) in [6.07, 6.45) is -0.145. The highest BCUT2D eigenvalue weighted by molar-refractivity contribution is 7.80. The van der Waals surface area contributed by atoms with Gasteiger partial charge in [-0.15, -0.1) is 0 Å². The highest BCUT2D eigenvalue weighted by Crippen LogP contribution is 2.25. The first kappa shape index (κ1) is 94.7. The summed E-state index contributed by atoms with van der Waals surface area (Å²) in [6, 6.07) is 9.80. The number of H-pyrrole nitrogens is 3. The minimum Gasteiger partial charge on any atom is -0.480 e. The summed E-state index contributed by atoms with van der Waals surface area (Å²) in [5, 5.41) is 96.0. The first-order valence-corrected chi connectivity index (χ1v) is 41.6. The van der Waals surface area contributed by atoms with Crippen molar-refractivity contribution in [1.29, 1.82) is 10.8 Å². The number of fused-ring (bicyclic) bond motifs is 3. The zero-order valence-corrected chi connectivity index (χ0v) is 69.4. The second-order valence-corrected chi connectivity index (χ2v) is 31.0. The number of carbonyl (C=O) groups excluding carboxylic acids is 13. The molecule has 0 spiro atoms. The summed E-state index contributed by atoms with van der Waals surface area (Å²) in [5.41, 5.74) is 15.3. The maximum atomic E-state index is 15.4. The van der Waals surface area contributed by atoms with Crippen LogP contribution < -0.4 is 85.9 Å². The van der Waals surface area contributed by atoms with Crippen LogP contribution in [0.2, 0.25) is 0 Å². The number of guanidine groups is 2. The van der Waals surface area contributed by atoms with E-state index in [0.717, 1.165) is 29.7 Å². The number of likely N-dealkylation sites (tertiary alicyclic amines) is 1. The molecule has 2 aliphatic heterocycles. The number of aliphatic hydroxyl groups excluding tert-OH is 3. The Kier molecular flexibility index (Phi) is 35.3. The number of carboxylic acids is 1. The van der Waals surface area contributed by atoms with Crippen LogP contribution in [-0.4, -0.2) is 258 Å². The van der Waals surface area contributed by atoms with Gasteiger partial charge in [0, 0.05) is 115 Å². The number of amides is 13. The number of rotatable bonds is 26. The lowest BCUT2D eigenvalue weighted by Crippen LogP contribution is -2.63. The van der Waals surface area contributed by atoms with E-state index in [-0.39, 0.29) is 116 Å². The van der Waals surface area contributed by atoms with Crippen molar-refractivity contribution in [3.8, 4) is 0 Å².